The molecular formula is C12H21NO5. The number of likely N-dealkylation sites (tertiary alicyclic amines) is 1. The number of amides is 1. The molecule has 0 aliphatic carbocycles. The number of aliphatic hydroxyl groups excluding tert-OH is 1. The molecule has 1 fully saturated rings. The van der Waals surface area contributed by atoms with Crippen molar-refractivity contribution in [3.05, 3.63) is 0 Å². The first-order valence-electron chi connectivity index (χ1n) is 6.00. The fourth-order valence-electron chi connectivity index (χ4n) is 1.86. The molecule has 1 saturated heterocycles. The largest absolute Gasteiger partial charge is 0.467 e. The Hall–Kier alpha value is -1.30. The highest BCUT2D eigenvalue weighted by Crippen LogP contribution is 2.21. The van der Waals surface area contributed by atoms with Crippen LogP contribution < -0.4 is 0 Å². The predicted octanol–water partition coefficient (Wildman–Crippen LogP) is 0.920. The number of nitrogens with zero attached hydrogens (tertiary/aromatic N) is 1. The predicted molar refractivity (Wildman–Crippen MR) is 64.0 cm³/mol. The van der Waals surface area contributed by atoms with E-state index < -0.39 is 29.8 Å². The van der Waals surface area contributed by atoms with Crippen molar-refractivity contribution in [2.45, 2.75) is 51.4 Å². The first kappa shape index (κ1) is 14.8. The SMILES string of the molecule is COC(=O)[C@@H]1CC[C@@H](O)CN1C(=O)OC(C)(C)C. The maximum absolute atomic E-state index is 12.0. The zero-order chi connectivity index (χ0) is 13.9. The van der Waals surface area contributed by atoms with Crippen molar-refractivity contribution >= 4 is 12.1 Å². The van der Waals surface area contributed by atoms with Crippen LogP contribution in [0.3, 0.4) is 0 Å². The Morgan fingerprint density at radius 2 is 1.89 bits per heavy atom. The van der Waals surface area contributed by atoms with E-state index >= 15 is 0 Å². The number of hydrogen-bond donors (Lipinski definition) is 1. The molecule has 1 amide bonds. The third kappa shape index (κ3) is 3.87. The molecule has 6 nitrogen and oxygen atoms in total. The molecule has 1 aliphatic rings. The van der Waals surface area contributed by atoms with Crippen molar-refractivity contribution < 1.29 is 24.2 Å². The quantitative estimate of drug-likeness (QED) is 0.709. The summed E-state index contributed by atoms with van der Waals surface area (Å²) in [6.45, 7) is 5.34. The van der Waals surface area contributed by atoms with Gasteiger partial charge in [-0.25, -0.2) is 9.59 Å². The van der Waals surface area contributed by atoms with Crippen molar-refractivity contribution in [2.75, 3.05) is 13.7 Å². The zero-order valence-electron chi connectivity index (χ0n) is 11.3. The van der Waals surface area contributed by atoms with E-state index in [1.54, 1.807) is 20.8 Å². The maximum atomic E-state index is 12.0. The number of carbonyl (C=O) groups is 2. The van der Waals surface area contributed by atoms with Gasteiger partial charge in [0.15, 0.2) is 0 Å². The zero-order valence-corrected chi connectivity index (χ0v) is 11.3. The van der Waals surface area contributed by atoms with E-state index in [2.05, 4.69) is 4.74 Å². The summed E-state index contributed by atoms with van der Waals surface area (Å²) < 4.78 is 9.88. The molecule has 0 bridgehead atoms. The Bertz CT molecular complexity index is 323. The molecule has 0 aromatic heterocycles. The number of hydrogen-bond acceptors (Lipinski definition) is 5. The second-order valence-electron chi connectivity index (χ2n) is 5.40. The summed E-state index contributed by atoms with van der Waals surface area (Å²) in [7, 11) is 1.28. The number of esters is 1. The van der Waals surface area contributed by atoms with Crippen molar-refractivity contribution in [2.24, 2.45) is 0 Å². The molecule has 1 aliphatic heterocycles. The van der Waals surface area contributed by atoms with Crippen LogP contribution in [0.1, 0.15) is 33.6 Å². The molecular weight excluding hydrogens is 238 g/mol. The van der Waals surface area contributed by atoms with Gasteiger partial charge >= 0.3 is 12.1 Å². The fourth-order valence-corrected chi connectivity index (χ4v) is 1.86. The summed E-state index contributed by atoms with van der Waals surface area (Å²) in [5, 5.41) is 9.60. The molecule has 0 aromatic rings. The standard InChI is InChI=1S/C12H21NO5/c1-12(2,3)18-11(16)13-7-8(14)5-6-9(13)10(15)17-4/h8-9,14H,5-7H2,1-4H3/t8-,9+/m1/s1. The minimum atomic E-state index is -0.673. The molecule has 0 radical (unpaired) electrons. The molecule has 1 rings (SSSR count). The number of β-amino-alcohol motifs (C(OH)–C–C–N with tert-alkyl or cyclic N) is 1. The van der Waals surface area contributed by atoms with Crippen LogP contribution in [0.2, 0.25) is 0 Å². The monoisotopic (exact) mass is 259 g/mol. The fraction of sp³-hybridized carbons (Fsp3) is 0.833. The highest BCUT2D eigenvalue weighted by molar-refractivity contribution is 5.81. The van der Waals surface area contributed by atoms with E-state index in [-0.39, 0.29) is 6.54 Å². The first-order chi connectivity index (χ1) is 8.24. The summed E-state index contributed by atoms with van der Waals surface area (Å²) in [6, 6.07) is -0.673. The van der Waals surface area contributed by atoms with Gasteiger partial charge in [0, 0.05) is 0 Å². The van der Waals surface area contributed by atoms with Crippen molar-refractivity contribution in [1.82, 2.24) is 4.90 Å². The third-order valence-corrected chi connectivity index (χ3v) is 2.66. The van der Waals surface area contributed by atoms with Gasteiger partial charge in [0.2, 0.25) is 0 Å². The van der Waals surface area contributed by atoms with Gasteiger partial charge in [-0.05, 0) is 33.6 Å². The number of rotatable bonds is 1. The second kappa shape index (κ2) is 5.56. The average Bonchev–Trinajstić information content (AvgIpc) is 2.25. The van der Waals surface area contributed by atoms with Crippen molar-refractivity contribution in [3.63, 3.8) is 0 Å². The van der Waals surface area contributed by atoms with Crippen molar-refractivity contribution in [1.29, 1.82) is 0 Å². The van der Waals surface area contributed by atoms with Crippen molar-refractivity contribution in [3.8, 4) is 0 Å². The normalized spacial score (nSPS) is 24.6. The summed E-state index contributed by atoms with van der Waals surface area (Å²) in [5.74, 6) is -0.479. The molecule has 104 valence electrons. The van der Waals surface area contributed by atoms with Crippen LogP contribution in [0.4, 0.5) is 4.79 Å². The Balaban J connectivity index is 2.78. The highest BCUT2D eigenvalue weighted by Gasteiger charge is 2.38. The molecule has 0 spiro atoms. The lowest BCUT2D eigenvalue weighted by molar-refractivity contribution is -0.149. The van der Waals surface area contributed by atoms with E-state index in [1.807, 2.05) is 0 Å². The van der Waals surface area contributed by atoms with Gasteiger partial charge in [0.25, 0.3) is 0 Å². The Kier molecular flexibility index (Phi) is 4.56. The number of carbonyl (C=O) groups excluding carboxylic acids is 2. The highest BCUT2D eigenvalue weighted by atomic mass is 16.6. The third-order valence-electron chi connectivity index (χ3n) is 2.66. The Morgan fingerprint density at radius 1 is 1.28 bits per heavy atom. The Labute approximate surface area is 107 Å². The van der Waals surface area contributed by atoms with E-state index in [0.29, 0.717) is 12.8 Å². The molecule has 0 aromatic carbocycles. The minimum absolute atomic E-state index is 0.0919. The lowest BCUT2D eigenvalue weighted by Crippen LogP contribution is -2.53. The van der Waals surface area contributed by atoms with Gasteiger partial charge in [0.05, 0.1) is 19.8 Å². The number of piperidine rings is 1. The maximum Gasteiger partial charge on any atom is 0.411 e. The average molecular weight is 259 g/mol. The second-order valence-corrected chi connectivity index (χ2v) is 5.40. The summed E-state index contributed by atoms with van der Waals surface area (Å²) in [5.41, 5.74) is -0.639. The molecule has 1 N–H and O–H groups in total. The number of methoxy groups -OCH3 is 1. The molecule has 1 heterocycles. The van der Waals surface area contributed by atoms with Crippen LogP contribution in [0.25, 0.3) is 0 Å². The van der Waals surface area contributed by atoms with E-state index in [9.17, 15) is 14.7 Å². The van der Waals surface area contributed by atoms with Crippen LogP contribution in [0.15, 0.2) is 0 Å². The van der Waals surface area contributed by atoms with E-state index in [1.165, 1.54) is 12.0 Å². The minimum Gasteiger partial charge on any atom is -0.467 e. The smallest absolute Gasteiger partial charge is 0.411 e. The van der Waals surface area contributed by atoms with Gasteiger partial charge in [-0.15, -0.1) is 0 Å². The van der Waals surface area contributed by atoms with Gasteiger partial charge in [-0.3, -0.25) is 4.90 Å². The summed E-state index contributed by atoms with van der Waals surface area (Å²) >= 11 is 0. The lowest BCUT2D eigenvalue weighted by atomic mass is 10.0. The number of aliphatic hydroxyl groups is 1. The molecule has 0 unspecified atom stereocenters. The van der Waals surface area contributed by atoms with E-state index in [0.717, 1.165) is 0 Å². The van der Waals surface area contributed by atoms with Crippen LogP contribution in [0, 0.1) is 0 Å². The van der Waals surface area contributed by atoms with Gasteiger partial charge in [-0.2, -0.15) is 0 Å². The Morgan fingerprint density at radius 3 is 2.39 bits per heavy atom. The molecule has 6 heteroatoms. The summed E-state index contributed by atoms with van der Waals surface area (Å²) in [6.07, 6.45) is -0.373. The van der Waals surface area contributed by atoms with E-state index in [4.69, 9.17) is 4.74 Å². The van der Waals surface area contributed by atoms with Gasteiger partial charge < -0.3 is 14.6 Å². The number of ether oxygens (including phenoxy) is 2. The van der Waals surface area contributed by atoms with Crippen LogP contribution in [-0.2, 0) is 14.3 Å². The molecule has 18 heavy (non-hydrogen) atoms. The van der Waals surface area contributed by atoms with Crippen LogP contribution in [-0.4, -0.2) is 53.5 Å². The molecule has 0 saturated carbocycles. The topological polar surface area (TPSA) is 76.1 Å². The molecule has 2 atom stereocenters. The lowest BCUT2D eigenvalue weighted by Gasteiger charge is -2.36. The summed E-state index contributed by atoms with van der Waals surface area (Å²) in [4.78, 5) is 24.8. The van der Waals surface area contributed by atoms with Crippen LogP contribution in [0.5, 0.6) is 0 Å². The van der Waals surface area contributed by atoms with Gasteiger partial charge in [-0.1, -0.05) is 0 Å². The van der Waals surface area contributed by atoms with Gasteiger partial charge in [0.1, 0.15) is 11.6 Å². The first-order valence-corrected chi connectivity index (χ1v) is 6.00. The van der Waals surface area contributed by atoms with Crippen LogP contribution >= 0.6 is 0 Å².